The second-order valence-electron chi connectivity index (χ2n) is 5.75. The Morgan fingerprint density at radius 2 is 1.33 bits per heavy atom. The van der Waals surface area contributed by atoms with E-state index in [2.05, 4.69) is 10.0 Å². The number of carbonyl (C=O) groups excluding carboxylic acids is 1. The van der Waals surface area contributed by atoms with Gasteiger partial charge in [-0.15, -0.1) is 0 Å². The van der Waals surface area contributed by atoms with E-state index in [1.165, 1.54) is 19.1 Å². The van der Waals surface area contributed by atoms with E-state index >= 15 is 0 Å². The van der Waals surface area contributed by atoms with Gasteiger partial charge >= 0.3 is 0 Å². The number of benzene rings is 3. The van der Waals surface area contributed by atoms with Gasteiger partial charge in [-0.3, -0.25) is 9.52 Å². The molecule has 7 heteroatoms. The molecule has 3 aromatic carbocycles. The first kappa shape index (κ1) is 18.5. The van der Waals surface area contributed by atoms with Gasteiger partial charge in [-0.1, -0.05) is 18.2 Å². The Kier molecular flexibility index (Phi) is 5.42. The molecule has 0 atom stereocenters. The molecule has 0 saturated heterocycles. The van der Waals surface area contributed by atoms with Gasteiger partial charge < -0.3 is 10.1 Å². The highest BCUT2D eigenvalue weighted by Gasteiger charge is 2.14. The number of ether oxygens (including phenoxy) is 1. The summed E-state index contributed by atoms with van der Waals surface area (Å²) >= 11 is 0. The highest BCUT2D eigenvalue weighted by molar-refractivity contribution is 7.92. The van der Waals surface area contributed by atoms with Crippen molar-refractivity contribution in [2.24, 2.45) is 0 Å². The van der Waals surface area contributed by atoms with Crippen molar-refractivity contribution < 1.29 is 17.9 Å². The van der Waals surface area contributed by atoms with Crippen molar-refractivity contribution in [2.45, 2.75) is 11.8 Å². The van der Waals surface area contributed by atoms with Crippen LogP contribution in [0, 0.1) is 0 Å². The summed E-state index contributed by atoms with van der Waals surface area (Å²) in [4.78, 5) is 11.1. The molecular weight excluding hydrogens is 364 g/mol. The van der Waals surface area contributed by atoms with Crippen molar-refractivity contribution >= 4 is 27.3 Å². The first-order chi connectivity index (χ1) is 12.9. The van der Waals surface area contributed by atoms with Gasteiger partial charge in [0, 0.05) is 18.3 Å². The van der Waals surface area contributed by atoms with Gasteiger partial charge in [0.25, 0.3) is 10.0 Å². The number of para-hydroxylation sites is 1. The molecule has 0 aromatic heterocycles. The lowest BCUT2D eigenvalue weighted by molar-refractivity contribution is -0.114. The molecule has 0 saturated carbocycles. The SMILES string of the molecule is CC(=O)Nc1ccc(NS(=O)(=O)c2ccc(Oc3ccccc3)cc2)cc1. The van der Waals surface area contributed by atoms with Crippen LogP contribution in [0.3, 0.4) is 0 Å². The maximum atomic E-state index is 12.5. The minimum absolute atomic E-state index is 0.119. The molecular formula is C20H18N2O4S. The molecule has 0 aliphatic rings. The average molecular weight is 382 g/mol. The van der Waals surface area contributed by atoms with Gasteiger partial charge in [-0.05, 0) is 60.7 Å². The summed E-state index contributed by atoms with van der Waals surface area (Å²) in [5.74, 6) is 1.02. The van der Waals surface area contributed by atoms with Crippen LogP contribution in [0.25, 0.3) is 0 Å². The zero-order valence-corrected chi connectivity index (χ0v) is 15.4. The normalized spacial score (nSPS) is 10.9. The Bertz CT molecular complexity index is 1020. The fourth-order valence-electron chi connectivity index (χ4n) is 2.35. The summed E-state index contributed by atoms with van der Waals surface area (Å²) in [5.41, 5.74) is 0.988. The van der Waals surface area contributed by atoms with Crippen molar-refractivity contribution in [1.29, 1.82) is 0 Å². The summed E-state index contributed by atoms with van der Waals surface area (Å²) in [6.45, 7) is 1.40. The highest BCUT2D eigenvalue weighted by Crippen LogP contribution is 2.24. The topological polar surface area (TPSA) is 84.5 Å². The number of hydrogen-bond donors (Lipinski definition) is 2. The number of hydrogen-bond acceptors (Lipinski definition) is 4. The minimum Gasteiger partial charge on any atom is -0.457 e. The lowest BCUT2D eigenvalue weighted by atomic mass is 10.3. The molecule has 0 aliphatic heterocycles. The molecule has 27 heavy (non-hydrogen) atoms. The third-order valence-electron chi connectivity index (χ3n) is 3.57. The van der Waals surface area contributed by atoms with E-state index in [0.29, 0.717) is 22.9 Å². The van der Waals surface area contributed by atoms with Gasteiger partial charge in [-0.2, -0.15) is 0 Å². The van der Waals surface area contributed by atoms with Crippen LogP contribution >= 0.6 is 0 Å². The molecule has 3 rings (SSSR count). The van der Waals surface area contributed by atoms with Crippen LogP contribution in [0.15, 0.2) is 83.8 Å². The van der Waals surface area contributed by atoms with Crippen LogP contribution in [-0.4, -0.2) is 14.3 Å². The van der Waals surface area contributed by atoms with E-state index in [1.54, 1.807) is 36.4 Å². The standard InChI is InChI=1S/C20H18N2O4S/c1-15(23)21-16-7-9-17(10-8-16)22-27(24,25)20-13-11-19(12-14-20)26-18-5-3-2-4-6-18/h2-14,22H,1H3,(H,21,23). The van der Waals surface area contributed by atoms with Gasteiger partial charge in [0.05, 0.1) is 4.90 Å². The Hall–Kier alpha value is -3.32. The molecule has 3 aromatic rings. The molecule has 0 aliphatic carbocycles. The first-order valence-electron chi connectivity index (χ1n) is 8.16. The van der Waals surface area contributed by atoms with Crippen LogP contribution in [0.2, 0.25) is 0 Å². The van der Waals surface area contributed by atoms with E-state index in [9.17, 15) is 13.2 Å². The Morgan fingerprint density at radius 1 is 0.778 bits per heavy atom. The van der Waals surface area contributed by atoms with E-state index in [1.807, 2.05) is 30.3 Å². The molecule has 6 nitrogen and oxygen atoms in total. The van der Waals surface area contributed by atoms with Crippen molar-refractivity contribution in [1.82, 2.24) is 0 Å². The predicted octanol–water partition coefficient (Wildman–Crippen LogP) is 4.24. The third kappa shape index (κ3) is 5.08. The molecule has 0 fully saturated rings. The number of carbonyl (C=O) groups is 1. The predicted molar refractivity (Wildman–Crippen MR) is 105 cm³/mol. The summed E-state index contributed by atoms with van der Waals surface area (Å²) in [7, 11) is -3.73. The van der Waals surface area contributed by atoms with Crippen LogP contribution in [-0.2, 0) is 14.8 Å². The van der Waals surface area contributed by atoms with E-state index in [4.69, 9.17) is 4.74 Å². The zero-order chi connectivity index (χ0) is 19.3. The molecule has 0 spiro atoms. The second-order valence-corrected chi connectivity index (χ2v) is 7.43. The maximum Gasteiger partial charge on any atom is 0.261 e. The van der Waals surface area contributed by atoms with Gasteiger partial charge in [-0.25, -0.2) is 8.42 Å². The maximum absolute atomic E-state index is 12.5. The molecule has 2 N–H and O–H groups in total. The fraction of sp³-hybridized carbons (Fsp3) is 0.0500. The molecule has 0 heterocycles. The van der Waals surface area contributed by atoms with Crippen molar-refractivity contribution in [3.05, 3.63) is 78.9 Å². The summed E-state index contributed by atoms with van der Waals surface area (Å²) in [6, 6.07) is 21.8. The van der Waals surface area contributed by atoms with Crippen molar-refractivity contribution in [2.75, 3.05) is 10.0 Å². The van der Waals surface area contributed by atoms with E-state index in [-0.39, 0.29) is 10.8 Å². The number of nitrogens with one attached hydrogen (secondary N) is 2. The summed E-state index contributed by atoms with van der Waals surface area (Å²) in [6.07, 6.45) is 0. The first-order valence-corrected chi connectivity index (χ1v) is 9.64. The lowest BCUT2D eigenvalue weighted by Gasteiger charge is -2.10. The van der Waals surface area contributed by atoms with Crippen LogP contribution in [0.1, 0.15) is 6.92 Å². The van der Waals surface area contributed by atoms with Gasteiger partial charge in [0.1, 0.15) is 11.5 Å². The number of amides is 1. The van der Waals surface area contributed by atoms with Crippen molar-refractivity contribution in [3.8, 4) is 11.5 Å². The van der Waals surface area contributed by atoms with E-state index in [0.717, 1.165) is 0 Å². The minimum atomic E-state index is -3.73. The smallest absolute Gasteiger partial charge is 0.261 e. The summed E-state index contributed by atoms with van der Waals surface area (Å²) < 4.78 is 33.2. The zero-order valence-electron chi connectivity index (χ0n) is 14.5. The lowest BCUT2D eigenvalue weighted by Crippen LogP contribution is -2.13. The monoisotopic (exact) mass is 382 g/mol. The van der Waals surface area contributed by atoms with E-state index < -0.39 is 10.0 Å². The number of sulfonamides is 1. The van der Waals surface area contributed by atoms with Gasteiger partial charge in [0.2, 0.25) is 5.91 Å². The Labute approximate surface area is 157 Å². The second kappa shape index (κ2) is 7.92. The number of rotatable bonds is 6. The fourth-order valence-corrected chi connectivity index (χ4v) is 3.41. The molecule has 1 amide bonds. The molecule has 0 bridgehead atoms. The summed E-state index contributed by atoms with van der Waals surface area (Å²) in [5, 5.41) is 2.62. The average Bonchev–Trinajstić information content (AvgIpc) is 2.64. The van der Waals surface area contributed by atoms with Crippen LogP contribution < -0.4 is 14.8 Å². The van der Waals surface area contributed by atoms with Crippen molar-refractivity contribution in [3.63, 3.8) is 0 Å². The Balaban J connectivity index is 1.70. The number of anilines is 2. The molecule has 138 valence electrons. The van der Waals surface area contributed by atoms with Crippen LogP contribution in [0.5, 0.6) is 11.5 Å². The Morgan fingerprint density at radius 3 is 1.93 bits per heavy atom. The quantitative estimate of drug-likeness (QED) is 0.668. The van der Waals surface area contributed by atoms with Gasteiger partial charge in [0.15, 0.2) is 0 Å². The third-order valence-corrected chi connectivity index (χ3v) is 4.97. The molecule has 0 radical (unpaired) electrons. The van der Waals surface area contributed by atoms with Crippen LogP contribution in [0.4, 0.5) is 11.4 Å². The molecule has 0 unspecified atom stereocenters. The highest BCUT2D eigenvalue weighted by atomic mass is 32.2. The largest absolute Gasteiger partial charge is 0.457 e.